The van der Waals surface area contributed by atoms with Crippen LogP contribution >= 0.6 is 0 Å². The molecule has 2 N–H and O–H groups in total. The molecule has 0 unspecified atom stereocenters. The molecule has 1 fully saturated rings. The molecule has 6 nitrogen and oxygen atoms in total. The molecule has 1 aliphatic carbocycles. The molecular weight excluding hydrogens is 234 g/mol. The molecule has 1 heterocycles. The number of nitrogens with one attached hydrogen (secondary N) is 2. The number of hydrogen-bond acceptors (Lipinski definition) is 4. The normalized spacial score (nSPS) is 22.7. The van der Waals surface area contributed by atoms with Gasteiger partial charge in [0.05, 0.1) is 25.5 Å². The van der Waals surface area contributed by atoms with Gasteiger partial charge in [0.15, 0.2) is 0 Å². The summed E-state index contributed by atoms with van der Waals surface area (Å²) in [5.41, 5.74) is 0. The Morgan fingerprint density at radius 1 is 1.50 bits per heavy atom. The summed E-state index contributed by atoms with van der Waals surface area (Å²) in [6.07, 6.45) is 5.69. The van der Waals surface area contributed by atoms with Gasteiger partial charge in [0.1, 0.15) is 5.82 Å². The van der Waals surface area contributed by atoms with Crippen LogP contribution in [0.4, 0.5) is 0 Å². The maximum absolute atomic E-state index is 12.0. The fraction of sp³-hybridized carbons (Fsp3) is 0.583. The number of ether oxygens (including phenoxy) is 1. The van der Waals surface area contributed by atoms with Crippen LogP contribution in [0.2, 0.25) is 0 Å². The fourth-order valence-corrected chi connectivity index (χ4v) is 2.40. The lowest BCUT2D eigenvalue weighted by molar-refractivity contribution is -0.149. The van der Waals surface area contributed by atoms with E-state index in [0.29, 0.717) is 12.4 Å². The van der Waals surface area contributed by atoms with E-state index in [2.05, 4.69) is 15.3 Å². The van der Waals surface area contributed by atoms with E-state index in [4.69, 9.17) is 4.74 Å². The van der Waals surface area contributed by atoms with E-state index in [1.807, 2.05) is 0 Å². The van der Waals surface area contributed by atoms with Crippen LogP contribution in [0.25, 0.3) is 0 Å². The Hall–Kier alpha value is -1.85. The second-order valence-electron chi connectivity index (χ2n) is 4.42. The number of nitrogens with zero attached hydrogens (tertiary/aromatic N) is 1. The zero-order valence-corrected chi connectivity index (χ0v) is 10.3. The second kappa shape index (κ2) is 5.66. The number of esters is 1. The van der Waals surface area contributed by atoms with Gasteiger partial charge in [-0.2, -0.15) is 0 Å². The largest absolute Gasteiger partial charge is 0.469 e. The number of H-pyrrole nitrogens is 1. The number of aromatic nitrogens is 2. The van der Waals surface area contributed by atoms with Gasteiger partial charge in [-0.1, -0.05) is 6.42 Å². The Kier molecular flexibility index (Phi) is 3.96. The highest BCUT2D eigenvalue weighted by Crippen LogP contribution is 2.32. The summed E-state index contributed by atoms with van der Waals surface area (Å²) in [5.74, 6) is -0.250. The molecule has 18 heavy (non-hydrogen) atoms. The lowest BCUT2D eigenvalue weighted by Gasteiger charge is -2.16. The number of methoxy groups -OCH3 is 1. The Morgan fingerprint density at radius 3 is 2.94 bits per heavy atom. The molecule has 0 saturated heterocycles. The number of aromatic amines is 1. The lowest BCUT2D eigenvalue weighted by atomic mass is 9.95. The second-order valence-corrected chi connectivity index (χ2v) is 4.42. The van der Waals surface area contributed by atoms with Crippen molar-refractivity contribution in [3.8, 4) is 0 Å². The van der Waals surface area contributed by atoms with Gasteiger partial charge >= 0.3 is 5.97 Å². The lowest BCUT2D eigenvalue weighted by Crippen LogP contribution is -2.35. The highest BCUT2D eigenvalue weighted by atomic mass is 16.5. The molecule has 2 atom stereocenters. The summed E-state index contributed by atoms with van der Waals surface area (Å²) in [4.78, 5) is 30.5. The third-order valence-corrected chi connectivity index (χ3v) is 3.34. The molecule has 0 spiro atoms. The third-order valence-electron chi connectivity index (χ3n) is 3.34. The van der Waals surface area contributed by atoms with E-state index >= 15 is 0 Å². The summed E-state index contributed by atoms with van der Waals surface area (Å²) < 4.78 is 4.73. The van der Waals surface area contributed by atoms with Crippen molar-refractivity contribution >= 4 is 11.9 Å². The van der Waals surface area contributed by atoms with Crippen molar-refractivity contribution in [2.45, 2.75) is 25.8 Å². The molecule has 0 aliphatic heterocycles. The van der Waals surface area contributed by atoms with Crippen molar-refractivity contribution in [3.63, 3.8) is 0 Å². The first kappa shape index (κ1) is 12.6. The van der Waals surface area contributed by atoms with Gasteiger partial charge < -0.3 is 15.0 Å². The Morgan fingerprint density at radius 2 is 2.28 bits per heavy atom. The van der Waals surface area contributed by atoms with E-state index < -0.39 is 0 Å². The topological polar surface area (TPSA) is 84.1 Å². The van der Waals surface area contributed by atoms with Gasteiger partial charge in [0.25, 0.3) is 0 Å². The molecule has 0 bridgehead atoms. The molecule has 1 aliphatic rings. The van der Waals surface area contributed by atoms with Gasteiger partial charge in [0, 0.05) is 12.4 Å². The number of carbonyl (C=O) groups is 2. The van der Waals surface area contributed by atoms with E-state index in [1.54, 1.807) is 12.4 Å². The molecule has 0 radical (unpaired) electrons. The van der Waals surface area contributed by atoms with Crippen molar-refractivity contribution in [1.82, 2.24) is 15.3 Å². The minimum atomic E-state index is -0.299. The average Bonchev–Trinajstić information content (AvgIpc) is 3.05. The molecule has 1 aromatic heterocycles. The number of amides is 1. The minimum absolute atomic E-state index is 0.0979. The van der Waals surface area contributed by atoms with Crippen LogP contribution in [0.15, 0.2) is 12.4 Å². The van der Waals surface area contributed by atoms with E-state index in [1.165, 1.54) is 7.11 Å². The Bertz CT molecular complexity index is 416. The predicted octanol–water partition coefficient (Wildman–Crippen LogP) is 0.615. The SMILES string of the molecule is COC(=O)[C@@H]1CCC[C@H]1C(=O)NCc1ncc[nH]1. The maximum atomic E-state index is 12.0. The maximum Gasteiger partial charge on any atom is 0.309 e. The molecular formula is C12H17N3O3. The smallest absolute Gasteiger partial charge is 0.309 e. The standard InChI is InChI=1S/C12H17N3O3/c1-18-12(17)9-4-2-3-8(9)11(16)15-7-10-13-5-6-14-10/h5-6,8-9H,2-4,7H2,1H3,(H,13,14)(H,15,16)/t8-,9-/m1/s1. The summed E-state index contributed by atoms with van der Waals surface area (Å²) in [6.45, 7) is 0.357. The van der Waals surface area contributed by atoms with Gasteiger partial charge in [-0.05, 0) is 12.8 Å². The van der Waals surface area contributed by atoms with Gasteiger partial charge in [-0.25, -0.2) is 4.98 Å². The van der Waals surface area contributed by atoms with Crippen molar-refractivity contribution in [2.24, 2.45) is 11.8 Å². The first-order valence-electron chi connectivity index (χ1n) is 6.06. The van der Waals surface area contributed by atoms with Crippen molar-refractivity contribution < 1.29 is 14.3 Å². The molecule has 6 heteroatoms. The van der Waals surface area contributed by atoms with Gasteiger partial charge in [-0.3, -0.25) is 9.59 Å². The molecule has 1 aromatic rings. The number of carbonyl (C=O) groups excluding carboxylic acids is 2. The zero-order chi connectivity index (χ0) is 13.0. The van der Waals surface area contributed by atoms with Crippen molar-refractivity contribution in [2.75, 3.05) is 7.11 Å². The Labute approximate surface area is 105 Å². The van der Waals surface area contributed by atoms with Gasteiger partial charge in [-0.15, -0.1) is 0 Å². The number of hydrogen-bond donors (Lipinski definition) is 2. The van der Waals surface area contributed by atoms with Gasteiger partial charge in [0.2, 0.25) is 5.91 Å². The van der Waals surface area contributed by atoms with Crippen LogP contribution in [0, 0.1) is 11.8 Å². The first-order chi connectivity index (χ1) is 8.72. The number of imidazole rings is 1. The minimum Gasteiger partial charge on any atom is -0.469 e. The van der Waals surface area contributed by atoms with Crippen LogP contribution in [0.1, 0.15) is 25.1 Å². The molecule has 98 valence electrons. The predicted molar refractivity (Wildman–Crippen MR) is 63.3 cm³/mol. The highest BCUT2D eigenvalue weighted by Gasteiger charge is 2.38. The fourth-order valence-electron chi connectivity index (χ4n) is 2.40. The quantitative estimate of drug-likeness (QED) is 0.768. The summed E-state index contributed by atoms with van der Waals surface area (Å²) >= 11 is 0. The Balaban J connectivity index is 1.89. The van der Waals surface area contributed by atoms with Crippen LogP contribution in [-0.2, 0) is 20.9 Å². The van der Waals surface area contributed by atoms with Crippen LogP contribution in [-0.4, -0.2) is 29.0 Å². The molecule has 2 rings (SSSR count). The van der Waals surface area contributed by atoms with Crippen molar-refractivity contribution in [1.29, 1.82) is 0 Å². The molecule has 0 aromatic carbocycles. The third kappa shape index (κ3) is 2.69. The molecule has 1 amide bonds. The van der Waals surface area contributed by atoms with E-state index in [-0.39, 0.29) is 23.7 Å². The summed E-state index contributed by atoms with van der Waals surface area (Å²) in [5, 5.41) is 2.80. The van der Waals surface area contributed by atoms with Crippen LogP contribution in [0.3, 0.4) is 0 Å². The number of rotatable bonds is 4. The molecule has 1 saturated carbocycles. The highest BCUT2D eigenvalue weighted by molar-refractivity contribution is 5.85. The average molecular weight is 251 g/mol. The summed E-state index contributed by atoms with van der Waals surface area (Å²) in [6, 6.07) is 0. The summed E-state index contributed by atoms with van der Waals surface area (Å²) in [7, 11) is 1.36. The zero-order valence-electron chi connectivity index (χ0n) is 10.3. The van der Waals surface area contributed by atoms with E-state index in [9.17, 15) is 9.59 Å². The van der Waals surface area contributed by atoms with Crippen LogP contribution < -0.4 is 5.32 Å². The van der Waals surface area contributed by atoms with E-state index in [0.717, 1.165) is 19.3 Å². The first-order valence-corrected chi connectivity index (χ1v) is 6.06. The monoisotopic (exact) mass is 251 g/mol. The van der Waals surface area contributed by atoms with Crippen molar-refractivity contribution in [3.05, 3.63) is 18.2 Å². The van der Waals surface area contributed by atoms with Crippen LogP contribution in [0.5, 0.6) is 0 Å².